The molecule has 0 unspecified atom stereocenters. The van der Waals surface area contributed by atoms with Crippen molar-refractivity contribution in [2.45, 2.75) is 18.2 Å². The molecule has 1 aliphatic rings. The second kappa shape index (κ2) is 2.27. The first-order chi connectivity index (χ1) is 1.89. The van der Waals surface area contributed by atoms with E-state index in [-0.39, 0.29) is 23.1 Å². The van der Waals surface area contributed by atoms with E-state index < -0.39 is 0 Å². The lowest BCUT2D eigenvalue weighted by Crippen LogP contribution is -1.45. The van der Waals surface area contributed by atoms with E-state index in [0.717, 1.165) is 0 Å². The summed E-state index contributed by atoms with van der Waals surface area (Å²) in [6.45, 7) is 0. The first-order valence-electron chi connectivity index (χ1n) is 1.53. The Morgan fingerprint density at radius 2 is 1.60 bits per heavy atom. The highest BCUT2D eigenvalue weighted by Crippen LogP contribution is 2.25. The average molecular weight is 103 g/mol. The van der Waals surface area contributed by atoms with Gasteiger partial charge in [-0.05, 0) is 12.8 Å². The lowest BCUT2D eigenvalue weighted by atomic mass is 11.0. The SMILES string of the molecule is ClC1CC1.[MgH2]. The van der Waals surface area contributed by atoms with E-state index >= 15 is 0 Å². The van der Waals surface area contributed by atoms with Gasteiger partial charge in [-0.25, -0.2) is 0 Å². The molecule has 28 valence electrons. The molecular formula is C3H7ClMg. The van der Waals surface area contributed by atoms with Crippen LogP contribution < -0.4 is 0 Å². The third-order valence-corrected chi connectivity index (χ3v) is 0.943. The predicted molar refractivity (Wildman–Crippen MR) is 27.4 cm³/mol. The summed E-state index contributed by atoms with van der Waals surface area (Å²) in [6.07, 6.45) is 2.50. The van der Waals surface area contributed by atoms with Crippen LogP contribution in [0.15, 0.2) is 0 Å². The van der Waals surface area contributed by atoms with Gasteiger partial charge in [0, 0.05) is 5.38 Å². The first kappa shape index (κ1) is 6.06. The van der Waals surface area contributed by atoms with Gasteiger partial charge in [-0.2, -0.15) is 0 Å². The summed E-state index contributed by atoms with van der Waals surface area (Å²) in [7, 11) is 0. The van der Waals surface area contributed by atoms with E-state index in [4.69, 9.17) is 11.6 Å². The van der Waals surface area contributed by atoms with Crippen molar-refractivity contribution in [3.05, 3.63) is 0 Å². The second-order valence-corrected chi connectivity index (χ2v) is 1.79. The topological polar surface area (TPSA) is 0 Å². The molecule has 1 aliphatic carbocycles. The van der Waals surface area contributed by atoms with E-state index in [9.17, 15) is 0 Å². The average Bonchev–Trinajstić information content (AvgIpc) is 1.75. The molecule has 1 rings (SSSR count). The monoisotopic (exact) mass is 102 g/mol. The fourth-order valence-electron chi connectivity index (χ4n) is 0.0630. The first-order valence-corrected chi connectivity index (χ1v) is 1.97. The number of halogens is 1. The molecule has 0 aromatic rings. The highest BCUT2D eigenvalue weighted by atomic mass is 35.5. The Hall–Kier alpha value is 1.06. The van der Waals surface area contributed by atoms with Crippen LogP contribution in [0, 0.1) is 0 Å². The quantitative estimate of drug-likeness (QED) is 0.308. The summed E-state index contributed by atoms with van der Waals surface area (Å²) in [4.78, 5) is 0. The van der Waals surface area contributed by atoms with Crippen molar-refractivity contribution in [3.8, 4) is 0 Å². The number of rotatable bonds is 0. The van der Waals surface area contributed by atoms with Gasteiger partial charge >= 0.3 is 23.1 Å². The molecule has 5 heavy (non-hydrogen) atoms. The largest absolute Gasteiger partial charge is 0.316 e. The van der Waals surface area contributed by atoms with Gasteiger partial charge in [-0.1, -0.05) is 0 Å². The zero-order valence-electron chi connectivity index (χ0n) is 2.37. The van der Waals surface area contributed by atoms with E-state index in [2.05, 4.69) is 0 Å². The minimum absolute atomic E-state index is 0. The van der Waals surface area contributed by atoms with Crippen molar-refractivity contribution in [2.75, 3.05) is 0 Å². The van der Waals surface area contributed by atoms with Crippen molar-refractivity contribution in [1.29, 1.82) is 0 Å². The van der Waals surface area contributed by atoms with Crippen LogP contribution in [0.25, 0.3) is 0 Å². The third kappa shape index (κ3) is 2.87. The maximum atomic E-state index is 5.39. The molecule has 0 amide bonds. The third-order valence-electron chi connectivity index (χ3n) is 0.507. The van der Waals surface area contributed by atoms with Gasteiger partial charge in [0.25, 0.3) is 0 Å². The molecular weight excluding hydrogens is 95.8 g/mol. The van der Waals surface area contributed by atoms with E-state index in [1.807, 2.05) is 0 Å². The van der Waals surface area contributed by atoms with Crippen LogP contribution in [0.4, 0.5) is 0 Å². The summed E-state index contributed by atoms with van der Waals surface area (Å²) < 4.78 is 0. The van der Waals surface area contributed by atoms with Gasteiger partial charge in [0.05, 0.1) is 0 Å². The van der Waals surface area contributed by atoms with Crippen LogP contribution in [-0.4, -0.2) is 28.4 Å². The van der Waals surface area contributed by atoms with E-state index in [0.29, 0.717) is 5.38 Å². The van der Waals surface area contributed by atoms with E-state index in [1.54, 1.807) is 0 Å². The van der Waals surface area contributed by atoms with Crippen molar-refractivity contribution in [2.24, 2.45) is 0 Å². The summed E-state index contributed by atoms with van der Waals surface area (Å²) in [5.74, 6) is 0. The smallest absolute Gasteiger partial charge is 0.123 e. The Balaban J connectivity index is 0.000000160. The molecule has 0 spiro atoms. The Labute approximate surface area is 53.0 Å². The standard InChI is InChI=1S/C3H5Cl.Mg.2H/c4-3-1-2-3;;;/h3H,1-2H2;;;. The number of hydrogen-bond acceptors (Lipinski definition) is 0. The van der Waals surface area contributed by atoms with Crippen molar-refractivity contribution in [1.82, 2.24) is 0 Å². The maximum Gasteiger partial charge on any atom is 0.316 e. The molecule has 0 N–H and O–H groups in total. The van der Waals surface area contributed by atoms with Gasteiger partial charge in [0.15, 0.2) is 0 Å². The van der Waals surface area contributed by atoms with Crippen LogP contribution in [0.1, 0.15) is 12.8 Å². The molecule has 0 aromatic carbocycles. The van der Waals surface area contributed by atoms with Gasteiger partial charge in [0.2, 0.25) is 0 Å². The molecule has 0 bridgehead atoms. The van der Waals surface area contributed by atoms with Gasteiger partial charge in [0.1, 0.15) is 0 Å². The fraction of sp³-hybridized carbons (Fsp3) is 1.00. The molecule has 2 heteroatoms. The maximum absolute atomic E-state index is 5.39. The summed E-state index contributed by atoms with van der Waals surface area (Å²) in [5.41, 5.74) is 0. The number of alkyl halides is 1. The summed E-state index contributed by atoms with van der Waals surface area (Å²) in [5, 5.41) is 0.556. The second-order valence-electron chi connectivity index (χ2n) is 1.17. The van der Waals surface area contributed by atoms with Crippen LogP contribution in [0.5, 0.6) is 0 Å². The van der Waals surface area contributed by atoms with Crippen LogP contribution >= 0.6 is 11.6 Å². The molecule has 0 nitrogen and oxygen atoms in total. The molecule has 0 atom stereocenters. The molecule has 0 heterocycles. The Bertz CT molecular complexity index is 26.1. The Morgan fingerprint density at radius 3 is 1.60 bits per heavy atom. The molecule has 1 fully saturated rings. The van der Waals surface area contributed by atoms with Crippen molar-refractivity contribution in [3.63, 3.8) is 0 Å². The molecule has 0 radical (unpaired) electrons. The highest BCUT2D eigenvalue weighted by molar-refractivity contribution is 6.22. The van der Waals surface area contributed by atoms with Crippen LogP contribution in [0.2, 0.25) is 0 Å². The van der Waals surface area contributed by atoms with E-state index in [1.165, 1.54) is 12.8 Å². The normalized spacial score (nSPS) is 21.0. The highest BCUT2D eigenvalue weighted by Gasteiger charge is 2.15. The van der Waals surface area contributed by atoms with Crippen molar-refractivity contribution >= 4 is 34.7 Å². The molecule has 1 saturated carbocycles. The zero-order chi connectivity index (χ0) is 2.99. The minimum atomic E-state index is 0. The summed E-state index contributed by atoms with van der Waals surface area (Å²) >= 11 is 5.39. The van der Waals surface area contributed by atoms with Gasteiger partial charge < -0.3 is 0 Å². The zero-order valence-corrected chi connectivity index (χ0v) is 3.13. The van der Waals surface area contributed by atoms with Crippen LogP contribution in [-0.2, 0) is 0 Å². The Kier molecular flexibility index (Phi) is 2.75. The van der Waals surface area contributed by atoms with Gasteiger partial charge in [-0.3, -0.25) is 0 Å². The predicted octanol–water partition coefficient (Wildman–Crippen LogP) is 0.471. The van der Waals surface area contributed by atoms with Crippen molar-refractivity contribution < 1.29 is 0 Å². The Morgan fingerprint density at radius 1 is 1.40 bits per heavy atom. The minimum Gasteiger partial charge on any atom is -0.123 e. The number of hydrogen-bond donors (Lipinski definition) is 0. The molecule has 0 saturated heterocycles. The van der Waals surface area contributed by atoms with Crippen LogP contribution in [0.3, 0.4) is 0 Å². The lowest BCUT2D eigenvalue weighted by Gasteiger charge is -1.50. The lowest BCUT2D eigenvalue weighted by molar-refractivity contribution is 1.50. The summed E-state index contributed by atoms with van der Waals surface area (Å²) in [6, 6.07) is 0. The van der Waals surface area contributed by atoms with Gasteiger partial charge in [-0.15, -0.1) is 11.6 Å². The molecule has 0 aromatic heterocycles. The molecule has 0 aliphatic heterocycles. The fourth-order valence-corrected chi connectivity index (χ4v) is 0.189.